The highest BCUT2D eigenvalue weighted by molar-refractivity contribution is 7.99. The van der Waals surface area contributed by atoms with Crippen molar-refractivity contribution in [2.45, 2.75) is 37.1 Å². The first-order valence-corrected chi connectivity index (χ1v) is 8.82. The number of halogens is 1. The standard InChI is InChI=1S/C16H22FN3O2S/c1-2-8-18-14(21)6-9-19-16(22)20-13-7-10-23-15-11(13)4-3-5-12(15)17/h3-5,13H,2,6-10H2,1H3,(H,18,21)(H2,19,20,22). The van der Waals surface area contributed by atoms with Crippen molar-refractivity contribution in [2.24, 2.45) is 0 Å². The molecular formula is C16H22FN3O2S. The van der Waals surface area contributed by atoms with Gasteiger partial charge >= 0.3 is 6.03 Å². The SMILES string of the molecule is CCCNC(=O)CCNC(=O)NC1CCSc2c(F)cccc21. The number of hydrogen-bond acceptors (Lipinski definition) is 3. The smallest absolute Gasteiger partial charge is 0.315 e. The van der Waals surface area contributed by atoms with Gasteiger partial charge in [0.1, 0.15) is 5.82 Å². The lowest BCUT2D eigenvalue weighted by atomic mass is 10.0. The van der Waals surface area contributed by atoms with Gasteiger partial charge in [0.15, 0.2) is 0 Å². The molecule has 1 unspecified atom stereocenters. The molecule has 5 nitrogen and oxygen atoms in total. The number of carbonyl (C=O) groups excluding carboxylic acids is 2. The van der Waals surface area contributed by atoms with Crippen LogP contribution in [0.1, 0.15) is 37.8 Å². The zero-order valence-corrected chi connectivity index (χ0v) is 14.0. The average molecular weight is 339 g/mol. The Labute approximate surface area is 139 Å². The van der Waals surface area contributed by atoms with E-state index in [1.807, 2.05) is 13.0 Å². The van der Waals surface area contributed by atoms with Gasteiger partial charge in [-0.25, -0.2) is 9.18 Å². The van der Waals surface area contributed by atoms with Crippen LogP contribution in [0.5, 0.6) is 0 Å². The summed E-state index contributed by atoms with van der Waals surface area (Å²) in [5.74, 6) is 0.443. The summed E-state index contributed by atoms with van der Waals surface area (Å²) in [6, 6.07) is 4.40. The lowest BCUT2D eigenvalue weighted by Crippen LogP contribution is -2.40. The molecule has 0 aliphatic carbocycles. The third-order valence-electron chi connectivity index (χ3n) is 3.54. The summed E-state index contributed by atoms with van der Waals surface area (Å²) in [5, 5.41) is 8.28. The Morgan fingerprint density at radius 1 is 1.30 bits per heavy atom. The van der Waals surface area contributed by atoms with Crippen LogP contribution in [-0.4, -0.2) is 30.8 Å². The predicted octanol–water partition coefficient (Wildman–Crippen LogP) is 2.58. The number of amides is 3. The summed E-state index contributed by atoms with van der Waals surface area (Å²) in [5.41, 5.74) is 0.817. The number of thioether (sulfide) groups is 1. The van der Waals surface area contributed by atoms with Gasteiger partial charge in [0.2, 0.25) is 5.91 Å². The van der Waals surface area contributed by atoms with Crippen LogP contribution in [0.2, 0.25) is 0 Å². The largest absolute Gasteiger partial charge is 0.356 e. The molecule has 23 heavy (non-hydrogen) atoms. The highest BCUT2D eigenvalue weighted by Crippen LogP contribution is 2.37. The number of urea groups is 1. The van der Waals surface area contributed by atoms with Crippen molar-refractivity contribution >= 4 is 23.7 Å². The van der Waals surface area contributed by atoms with Gasteiger partial charge < -0.3 is 16.0 Å². The Morgan fingerprint density at radius 3 is 2.91 bits per heavy atom. The maximum absolute atomic E-state index is 13.8. The first-order valence-electron chi connectivity index (χ1n) is 7.84. The van der Waals surface area contributed by atoms with Crippen LogP contribution in [0.3, 0.4) is 0 Å². The summed E-state index contributed by atoms with van der Waals surface area (Å²) in [4.78, 5) is 24.0. The van der Waals surface area contributed by atoms with Crippen molar-refractivity contribution in [3.63, 3.8) is 0 Å². The summed E-state index contributed by atoms with van der Waals surface area (Å²) >= 11 is 1.48. The number of carbonyl (C=O) groups is 2. The monoisotopic (exact) mass is 339 g/mol. The Balaban J connectivity index is 1.81. The number of benzene rings is 1. The topological polar surface area (TPSA) is 70.2 Å². The average Bonchev–Trinajstić information content (AvgIpc) is 2.54. The molecule has 3 N–H and O–H groups in total. The fourth-order valence-electron chi connectivity index (χ4n) is 2.39. The minimum atomic E-state index is -0.333. The molecule has 1 aromatic carbocycles. The van der Waals surface area contributed by atoms with Gasteiger partial charge in [-0.15, -0.1) is 11.8 Å². The van der Waals surface area contributed by atoms with Crippen molar-refractivity contribution in [3.8, 4) is 0 Å². The second-order valence-corrected chi connectivity index (χ2v) is 6.45. The minimum absolute atomic E-state index is 0.0753. The summed E-state index contributed by atoms with van der Waals surface area (Å²) in [7, 11) is 0. The molecule has 1 aliphatic heterocycles. The Hall–Kier alpha value is -1.76. The number of nitrogens with one attached hydrogen (secondary N) is 3. The second-order valence-electron chi connectivity index (χ2n) is 5.35. The summed E-state index contributed by atoms with van der Waals surface area (Å²) in [6.07, 6.45) is 1.89. The van der Waals surface area contributed by atoms with Gasteiger partial charge in [-0.05, 0) is 24.5 Å². The van der Waals surface area contributed by atoms with Crippen molar-refractivity contribution in [1.82, 2.24) is 16.0 Å². The van der Waals surface area contributed by atoms with E-state index < -0.39 is 0 Å². The molecule has 0 fully saturated rings. The molecule has 0 saturated carbocycles. The Kier molecular flexibility index (Phi) is 6.70. The first-order chi connectivity index (χ1) is 11.1. The second kappa shape index (κ2) is 8.76. The maximum atomic E-state index is 13.8. The van der Waals surface area contributed by atoms with E-state index in [1.54, 1.807) is 6.07 Å². The van der Waals surface area contributed by atoms with E-state index in [0.717, 1.165) is 24.2 Å². The minimum Gasteiger partial charge on any atom is -0.356 e. The van der Waals surface area contributed by atoms with E-state index >= 15 is 0 Å². The summed E-state index contributed by atoms with van der Waals surface area (Å²) < 4.78 is 13.8. The van der Waals surface area contributed by atoms with Gasteiger partial charge in [-0.2, -0.15) is 0 Å². The fourth-order valence-corrected chi connectivity index (χ4v) is 3.53. The molecule has 0 spiro atoms. The lowest BCUT2D eigenvalue weighted by Gasteiger charge is -2.26. The molecule has 7 heteroatoms. The van der Waals surface area contributed by atoms with E-state index in [-0.39, 0.29) is 36.8 Å². The fraction of sp³-hybridized carbons (Fsp3) is 0.500. The molecule has 1 heterocycles. The van der Waals surface area contributed by atoms with Gasteiger partial charge in [-0.3, -0.25) is 4.79 Å². The highest BCUT2D eigenvalue weighted by atomic mass is 32.2. The van der Waals surface area contributed by atoms with Crippen LogP contribution < -0.4 is 16.0 Å². The Bertz CT molecular complexity index is 568. The maximum Gasteiger partial charge on any atom is 0.315 e. The van der Waals surface area contributed by atoms with Crippen molar-refractivity contribution in [1.29, 1.82) is 0 Å². The van der Waals surface area contributed by atoms with E-state index in [0.29, 0.717) is 11.4 Å². The van der Waals surface area contributed by atoms with Crippen LogP contribution in [0.4, 0.5) is 9.18 Å². The van der Waals surface area contributed by atoms with E-state index in [9.17, 15) is 14.0 Å². The summed E-state index contributed by atoms with van der Waals surface area (Å²) in [6.45, 7) is 2.90. The molecule has 126 valence electrons. The lowest BCUT2D eigenvalue weighted by molar-refractivity contribution is -0.120. The molecule has 1 aliphatic rings. The van der Waals surface area contributed by atoms with Crippen molar-refractivity contribution in [3.05, 3.63) is 29.6 Å². The third-order valence-corrected chi connectivity index (χ3v) is 4.70. The van der Waals surface area contributed by atoms with E-state index in [2.05, 4.69) is 16.0 Å². The Morgan fingerprint density at radius 2 is 2.13 bits per heavy atom. The van der Waals surface area contributed by atoms with Crippen LogP contribution in [0.15, 0.2) is 23.1 Å². The molecule has 0 saturated heterocycles. The van der Waals surface area contributed by atoms with E-state index in [1.165, 1.54) is 17.8 Å². The molecule has 0 bridgehead atoms. The van der Waals surface area contributed by atoms with Gasteiger partial charge in [0.25, 0.3) is 0 Å². The van der Waals surface area contributed by atoms with Gasteiger partial charge in [-0.1, -0.05) is 19.1 Å². The van der Waals surface area contributed by atoms with Gasteiger partial charge in [0, 0.05) is 30.2 Å². The van der Waals surface area contributed by atoms with Crippen molar-refractivity contribution < 1.29 is 14.0 Å². The third kappa shape index (κ3) is 5.13. The zero-order valence-electron chi connectivity index (χ0n) is 13.2. The molecular weight excluding hydrogens is 317 g/mol. The predicted molar refractivity (Wildman–Crippen MR) is 88.9 cm³/mol. The van der Waals surface area contributed by atoms with Crippen LogP contribution in [-0.2, 0) is 4.79 Å². The molecule has 1 aromatic rings. The zero-order chi connectivity index (χ0) is 16.7. The molecule has 3 amide bonds. The van der Waals surface area contributed by atoms with Crippen molar-refractivity contribution in [2.75, 3.05) is 18.8 Å². The number of hydrogen-bond donors (Lipinski definition) is 3. The molecule has 0 aromatic heterocycles. The van der Waals surface area contributed by atoms with E-state index in [4.69, 9.17) is 0 Å². The molecule has 2 rings (SSSR count). The highest BCUT2D eigenvalue weighted by Gasteiger charge is 2.24. The van der Waals surface area contributed by atoms with Crippen LogP contribution >= 0.6 is 11.8 Å². The van der Waals surface area contributed by atoms with Gasteiger partial charge in [0.05, 0.1) is 6.04 Å². The number of fused-ring (bicyclic) bond motifs is 1. The normalized spacial score (nSPS) is 16.3. The number of rotatable bonds is 6. The van der Waals surface area contributed by atoms with Crippen LogP contribution in [0.25, 0.3) is 0 Å². The first kappa shape index (κ1) is 17.6. The molecule has 0 radical (unpaired) electrons. The molecule has 1 atom stereocenters. The van der Waals surface area contributed by atoms with Crippen LogP contribution in [0, 0.1) is 5.82 Å². The quantitative estimate of drug-likeness (QED) is 0.746.